The van der Waals surface area contributed by atoms with Crippen molar-refractivity contribution in [2.24, 2.45) is 0 Å². The molecule has 0 amide bonds. The number of carbonyl (C=O) groups is 1. The van der Waals surface area contributed by atoms with Crippen LogP contribution < -0.4 is 10.6 Å². The monoisotopic (exact) mass is 417 g/mol. The molecule has 0 fully saturated rings. The van der Waals surface area contributed by atoms with Crippen molar-refractivity contribution in [2.75, 3.05) is 17.2 Å². The van der Waals surface area contributed by atoms with Crippen LogP contribution in [0.1, 0.15) is 17.4 Å². The summed E-state index contributed by atoms with van der Waals surface area (Å²) in [5.74, 6) is -0.425. The van der Waals surface area contributed by atoms with Gasteiger partial charge in [-0.2, -0.15) is 0 Å². The molecule has 25 heavy (non-hydrogen) atoms. The molecule has 3 N–H and O–H groups in total. The first-order chi connectivity index (χ1) is 12.1. The number of rotatable bonds is 4. The van der Waals surface area contributed by atoms with Gasteiger partial charge in [0.25, 0.3) is 0 Å². The van der Waals surface area contributed by atoms with Crippen molar-refractivity contribution >= 4 is 61.5 Å². The lowest BCUT2D eigenvalue weighted by molar-refractivity contribution is 0.0522. The van der Waals surface area contributed by atoms with Gasteiger partial charge in [-0.1, -0.05) is 40.2 Å². The Morgan fingerprint density at radius 3 is 2.76 bits per heavy atom. The number of esters is 1. The first kappa shape index (κ1) is 17.4. The van der Waals surface area contributed by atoms with E-state index in [9.17, 15) is 4.79 Å². The van der Waals surface area contributed by atoms with Crippen molar-refractivity contribution in [3.63, 3.8) is 0 Å². The molecule has 0 aliphatic rings. The molecule has 7 heteroatoms. The van der Waals surface area contributed by atoms with Gasteiger partial charge in [0, 0.05) is 21.1 Å². The second-order valence-electron chi connectivity index (χ2n) is 5.23. The Bertz CT molecular complexity index is 939. The SMILES string of the molecule is CCOC(=O)c1[nH]c2ccccc2c1NC(=S)Nc1cccc(Br)c1. The number of hydrogen-bond acceptors (Lipinski definition) is 3. The number of fused-ring (bicyclic) bond motifs is 1. The highest BCUT2D eigenvalue weighted by Gasteiger charge is 2.19. The normalized spacial score (nSPS) is 10.5. The van der Waals surface area contributed by atoms with Gasteiger partial charge in [0.2, 0.25) is 0 Å². The van der Waals surface area contributed by atoms with Crippen LogP contribution in [0.15, 0.2) is 53.0 Å². The molecule has 1 heterocycles. The van der Waals surface area contributed by atoms with Gasteiger partial charge in [0.15, 0.2) is 5.11 Å². The van der Waals surface area contributed by atoms with E-state index in [0.29, 0.717) is 23.1 Å². The summed E-state index contributed by atoms with van der Waals surface area (Å²) in [7, 11) is 0. The minimum Gasteiger partial charge on any atom is -0.461 e. The van der Waals surface area contributed by atoms with Crippen molar-refractivity contribution in [2.45, 2.75) is 6.92 Å². The molecule has 128 valence electrons. The summed E-state index contributed by atoms with van der Waals surface area (Å²) in [5, 5.41) is 7.47. The van der Waals surface area contributed by atoms with Gasteiger partial charge in [0.05, 0.1) is 12.3 Å². The Balaban J connectivity index is 1.90. The number of ether oxygens (including phenoxy) is 1. The molecule has 1 aromatic heterocycles. The van der Waals surface area contributed by atoms with E-state index >= 15 is 0 Å². The van der Waals surface area contributed by atoms with Crippen LogP contribution in [-0.4, -0.2) is 22.7 Å². The molecule has 2 aromatic carbocycles. The third-order valence-corrected chi connectivity index (χ3v) is 4.20. The number of anilines is 2. The van der Waals surface area contributed by atoms with Crippen molar-refractivity contribution < 1.29 is 9.53 Å². The minimum absolute atomic E-state index is 0.300. The van der Waals surface area contributed by atoms with Crippen LogP contribution in [-0.2, 0) is 4.74 Å². The Morgan fingerprint density at radius 1 is 1.20 bits per heavy atom. The van der Waals surface area contributed by atoms with Crippen LogP contribution in [0.2, 0.25) is 0 Å². The molecular formula is C18H16BrN3O2S. The average molecular weight is 418 g/mol. The summed E-state index contributed by atoms with van der Waals surface area (Å²) < 4.78 is 6.08. The van der Waals surface area contributed by atoms with Crippen LogP contribution >= 0.6 is 28.1 Å². The Morgan fingerprint density at radius 2 is 2.00 bits per heavy atom. The van der Waals surface area contributed by atoms with Gasteiger partial charge in [-0.05, 0) is 43.4 Å². The van der Waals surface area contributed by atoms with E-state index in [-0.39, 0.29) is 0 Å². The van der Waals surface area contributed by atoms with Crippen LogP contribution in [0.3, 0.4) is 0 Å². The smallest absolute Gasteiger partial charge is 0.356 e. The van der Waals surface area contributed by atoms with Crippen LogP contribution in [0.4, 0.5) is 11.4 Å². The molecule has 0 radical (unpaired) electrons. The molecule has 0 bridgehead atoms. The quantitative estimate of drug-likeness (QED) is 0.415. The van der Waals surface area contributed by atoms with Crippen LogP contribution in [0.5, 0.6) is 0 Å². The zero-order valence-electron chi connectivity index (χ0n) is 13.4. The molecule has 5 nitrogen and oxygen atoms in total. The lowest BCUT2D eigenvalue weighted by atomic mass is 10.2. The predicted molar refractivity (Wildman–Crippen MR) is 108 cm³/mol. The fourth-order valence-electron chi connectivity index (χ4n) is 2.47. The number of aromatic amines is 1. The number of H-pyrrole nitrogens is 1. The highest BCUT2D eigenvalue weighted by atomic mass is 79.9. The third kappa shape index (κ3) is 4.00. The predicted octanol–water partition coefficient (Wildman–Crippen LogP) is 4.92. The van der Waals surface area contributed by atoms with E-state index < -0.39 is 5.97 Å². The van der Waals surface area contributed by atoms with Crippen LogP contribution in [0.25, 0.3) is 10.9 Å². The maximum Gasteiger partial charge on any atom is 0.356 e. The Labute approximate surface area is 158 Å². The van der Waals surface area contributed by atoms with E-state index in [1.165, 1.54) is 0 Å². The average Bonchev–Trinajstić information content (AvgIpc) is 2.94. The lowest BCUT2D eigenvalue weighted by Gasteiger charge is -2.12. The molecule has 0 atom stereocenters. The number of hydrogen-bond donors (Lipinski definition) is 3. The summed E-state index contributed by atoms with van der Waals surface area (Å²) >= 11 is 8.82. The van der Waals surface area contributed by atoms with Gasteiger partial charge in [-0.3, -0.25) is 0 Å². The van der Waals surface area contributed by atoms with E-state index in [2.05, 4.69) is 31.5 Å². The minimum atomic E-state index is -0.425. The standard InChI is InChI=1S/C18H16BrN3O2S/c1-2-24-17(23)16-15(13-8-3-4-9-14(13)21-16)22-18(25)20-12-7-5-6-11(19)10-12/h3-10,21H,2H2,1H3,(H2,20,22,25). The highest BCUT2D eigenvalue weighted by molar-refractivity contribution is 9.10. The number of nitrogens with one attached hydrogen (secondary N) is 3. The first-order valence-electron chi connectivity index (χ1n) is 7.70. The number of benzene rings is 2. The number of halogens is 1. The van der Waals surface area contributed by atoms with Crippen LogP contribution in [0, 0.1) is 0 Å². The largest absolute Gasteiger partial charge is 0.461 e. The van der Waals surface area contributed by atoms with E-state index in [0.717, 1.165) is 21.1 Å². The van der Waals surface area contributed by atoms with Gasteiger partial charge in [-0.25, -0.2) is 4.79 Å². The van der Waals surface area contributed by atoms with Gasteiger partial charge < -0.3 is 20.4 Å². The molecule has 0 saturated heterocycles. The molecule has 0 aliphatic carbocycles. The lowest BCUT2D eigenvalue weighted by Crippen LogP contribution is -2.20. The van der Waals surface area contributed by atoms with Gasteiger partial charge >= 0.3 is 5.97 Å². The van der Waals surface area contributed by atoms with Crippen molar-refractivity contribution in [3.8, 4) is 0 Å². The molecule has 3 aromatic rings. The van der Waals surface area contributed by atoms with Gasteiger partial charge in [-0.15, -0.1) is 0 Å². The summed E-state index contributed by atoms with van der Waals surface area (Å²) in [6.07, 6.45) is 0. The maximum atomic E-state index is 12.3. The summed E-state index contributed by atoms with van der Waals surface area (Å²) in [6, 6.07) is 15.3. The van der Waals surface area contributed by atoms with Crippen molar-refractivity contribution in [3.05, 3.63) is 58.7 Å². The molecule has 0 spiro atoms. The second-order valence-corrected chi connectivity index (χ2v) is 6.55. The number of para-hydroxylation sites is 1. The number of carbonyl (C=O) groups excluding carboxylic acids is 1. The molecular weight excluding hydrogens is 402 g/mol. The fraction of sp³-hybridized carbons (Fsp3) is 0.111. The zero-order valence-corrected chi connectivity index (χ0v) is 15.8. The van der Waals surface area contributed by atoms with Crippen molar-refractivity contribution in [1.82, 2.24) is 4.98 Å². The second kappa shape index (κ2) is 7.67. The zero-order chi connectivity index (χ0) is 17.8. The molecule has 0 saturated carbocycles. The Hall–Kier alpha value is -2.38. The number of aromatic nitrogens is 1. The van der Waals surface area contributed by atoms with Crippen molar-refractivity contribution in [1.29, 1.82) is 0 Å². The van der Waals surface area contributed by atoms with Gasteiger partial charge in [0.1, 0.15) is 5.69 Å². The summed E-state index contributed by atoms with van der Waals surface area (Å²) in [5.41, 5.74) is 2.62. The number of thiocarbonyl (C=S) groups is 1. The first-order valence-corrected chi connectivity index (χ1v) is 8.90. The molecule has 3 rings (SSSR count). The third-order valence-electron chi connectivity index (χ3n) is 3.51. The highest BCUT2D eigenvalue weighted by Crippen LogP contribution is 2.28. The maximum absolute atomic E-state index is 12.3. The van der Waals surface area contributed by atoms with E-state index in [4.69, 9.17) is 17.0 Å². The fourth-order valence-corrected chi connectivity index (χ4v) is 3.09. The Kier molecular flexibility index (Phi) is 5.35. The van der Waals surface area contributed by atoms with E-state index in [1.54, 1.807) is 6.92 Å². The van der Waals surface area contributed by atoms with E-state index in [1.807, 2.05) is 48.5 Å². The summed E-state index contributed by atoms with van der Waals surface area (Å²) in [6.45, 7) is 2.07. The summed E-state index contributed by atoms with van der Waals surface area (Å²) in [4.78, 5) is 15.4. The topological polar surface area (TPSA) is 66.2 Å². The molecule has 0 aliphatic heterocycles. The molecule has 0 unspecified atom stereocenters.